The van der Waals surface area contributed by atoms with Gasteiger partial charge in [-0.2, -0.15) is 0 Å². The molecule has 88 heavy (non-hydrogen) atoms. The van der Waals surface area contributed by atoms with Gasteiger partial charge >= 0.3 is 11.9 Å². The Labute approximate surface area is 543 Å². The van der Waals surface area contributed by atoms with E-state index in [-0.39, 0.29) is 38.6 Å². The normalized spacial score (nSPS) is 13.2. The second-order valence-corrected chi connectivity index (χ2v) is 25.9. The average molecular weight is 1230 g/mol. The molecule has 0 N–H and O–H groups in total. The number of hydrogen-bond acceptors (Lipinski definition) is 8. The van der Waals surface area contributed by atoms with Crippen LogP contribution in [0.4, 0.5) is 0 Å². The maximum atomic E-state index is 12.9. The molecule has 0 saturated carbocycles. The van der Waals surface area contributed by atoms with E-state index >= 15 is 0 Å². The number of unbranched alkanes of at least 4 members (excludes halogenated alkanes) is 37. The van der Waals surface area contributed by atoms with E-state index in [1.54, 1.807) is 0 Å². The fourth-order valence-electron chi connectivity index (χ4n) is 10.5. The highest BCUT2D eigenvalue weighted by Gasteiger charge is 2.22. The summed E-state index contributed by atoms with van der Waals surface area (Å²) in [5.41, 5.74) is 0. The van der Waals surface area contributed by atoms with Gasteiger partial charge in [0, 0.05) is 12.8 Å². The molecule has 0 rings (SSSR count). The van der Waals surface area contributed by atoms with Gasteiger partial charge in [0.15, 0.2) is 12.4 Å². The Morgan fingerprint density at radius 2 is 0.648 bits per heavy atom. The van der Waals surface area contributed by atoms with Crippen LogP contribution in [0.25, 0.3) is 0 Å². The van der Waals surface area contributed by atoms with Gasteiger partial charge in [-0.05, 0) is 77.0 Å². The highest BCUT2D eigenvalue weighted by molar-refractivity contribution is 5.70. The lowest BCUT2D eigenvalue weighted by Gasteiger charge is -2.26. The minimum atomic E-state index is -1.64. The Kier molecular flexibility index (Phi) is 66.1. The molecular weight excluding hydrogens is 1090 g/mol. The molecule has 0 aromatic heterocycles. The maximum Gasteiger partial charge on any atom is 0.306 e. The van der Waals surface area contributed by atoms with E-state index in [9.17, 15) is 19.5 Å². The summed E-state index contributed by atoms with van der Waals surface area (Å²) < 4.78 is 22.7. The molecule has 0 saturated heterocycles. The lowest BCUT2D eigenvalue weighted by Crippen LogP contribution is -2.44. The monoisotopic (exact) mass is 1230 g/mol. The smallest absolute Gasteiger partial charge is 0.306 e. The van der Waals surface area contributed by atoms with E-state index in [2.05, 4.69) is 111 Å². The lowest BCUT2D eigenvalue weighted by molar-refractivity contribution is -0.870. The molecule has 9 nitrogen and oxygen atoms in total. The summed E-state index contributed by atoms with van der Waals surface area (Å²) in [6.07, 6.45) is 92.4. The molecule has 0 radical (unpaired) electrons. The van der Waals surface area contributed by atoms with Gasteiger partial charge in [-0.3, -0.25) is 9.59 Å². The van der Waals surface area contributed by atoms with Crippen LogP contribution in [0.3, 0.4) is 0 Å². The SMILES string of the molecule is CC/C=C\C/C=C\C/C=C\C/C=C\C/C=C\C/C=C\C/C=C\C/C=C\CCCCC(=O)OC(COC(=O)CCCCCCCCCCCCCCCCCCCCCCCCCCCCCCCCCCCCCC)COC(OCC[N+](C)(C)C)C(=O)[O-]. The third-order valence-electron chi connectivity index (χ3n) is 16.1. The fourth-order valence-corrected chi connectivity index (χ4v) is 10.5. The van der Waals surface area contributed by atoms with Crippen LogP contribution in [0.5, 0.6) is 0 Å². The molecule has 0 aliphatic carbocycles. The van der Waals surface area contributed by atoms with Crippen molar-refractivity contribution < 1.29 is 42.9 Å². The molecule has 0 amide bonds. The largest absolute Gasteiger partial charge is 0.545 e. The second kappa shape index (κ2) is 69.1. The van der Waals surface area contributed by atoms with Gasteiger partial charge in [0.05, 0.1) is 40.3 Å². The van der Waals surface area contributed by atoms with Crippen molar-refractivity contribution in [2.24, 2.45) is 0 Å². The van der Waals surface area contributed by atoms with Crippen LogP contribution in [0, 0.1) is 0 Å². The number of carbonyl (C=O) groups is 3. The standard InChI is InChI=1S/C79H139NO8/c1-6-8-10-12-14-16-18-20-22-24-26-28-30-32-34-35-36-37-38-39-40-41-42-44-45-47-49-51-53-55-57-59-61-63-65-67-69-76(81)86-73-75(74-87-79(78(83)84)85-72-71-80(3,4)5)88-77(82)70-68-66-64-62-60-58-56-54-52-50-48-46-43-33-31-29-27-25-23-21-19-17-15-13-11-9-7-2/h9,11,15,17,21,23,27,29,33,43,48,50,54,56,60,62,75,79H,6-8,10,12-14,16,18-20,22,24-26,28,30-32,34-42,44-47,49,51-53,55,57-59,61,63-74H2,1-5H3/b11-9-,17-15-,23-21-,29-27-,43-33-,50-48-,56-54-,62-60-. The molecule has 0 spiro atoms. The zero-order valence-corrected chi connectivity index (χ0v) is 58.1. The summed E-state index contributed by atoms with van der Waals surface area (Å²) in [6, 6.07) is 0. The van der Waals surface area contributed by atoms with Gasteiger partial charge in [0.25, 0.3) is 0 Å². The Balaban J connectivity index is 4.10. The van der Waals surface area contributed by atoms with Crippen LogP contribution in [-0.2, 0) is 33.3 Å². The number of carbonyl (C=O) groups excluding carboxylic acids is 3. The number of carboxylic acids is 1. The Hall–Kier alpha value is -3.79. The molecular formula is C79H139NO8. The fraction of sp³-hybridized carbons (Fsp3) is 0.759. The van der Waals surface area contributed by atoms with Crippen molar-refractivity contribution in [3.63, 3.8) is 0 Å². The third-order valence-corrected chi connectivity index (χ3v) is 16.1. The lowest BCUT2D eigenvalue weighted by atomic mass is 10.0. The van der Waals surface area contributed by atoms with Gasteiger partial charge in [-0.15, -0.1) is 0 Å². The Morgan fingerprint density at radius 3 is 0.966 bits per heavy atom. The minimum absolute atomic E-state index is 0.135. The second-order valence-electron chi connectivity index (χ2n) is 25.9. The molecule has 0 aliphatic heterocycles. The van der Waals surface area contributed by atoms with Crippen molar-refractivity contribution in [1.29, 1.82) is 0 Å². The predicted octanol–water partition coefficient (Wildman–Crippen LogP) is 21.9. The molecule has 0 bridgehead atoms. The Bertz CT molecular complexity index is 1770. The number of aliphatic carboxylic acids is 1. The number of rotatable bonds is 68. The van der Waals surface area contributed by atoms with Gasteiger partial charge in [0.1, 0.15) is 13.2 Å². The molecule has 0 fully saturated rings. The number of nitrogens with zero attached hydrogens (tertiary/aromatic N) is 1. The zero-order chi connectivity index (χ0) is 64.0. The predicted molar refractivity (Wildman–Crippen MR) is 375 cm³/mol. The van der Waals surface area contributed by atoms with Gasteiger partial charge in [-0.1, -0.05) is 336 Å². The molecule has 508 valence electrons. The van der Waals surface area contributed by atoms with Crippen molar-refractivity contribution >= 4 is 17.9 Å². The van der Waals surface area contributed by atoms with E-state index < -0.39 is 24.3 Å². The topological polar surface area (TPSA) is 111 Å². The number of ether oxygens (including phenoxy) is 4. The Morgan fingerprint density at radius 1 is 0.352 bits per heavy atom. The number of carboxylic acid groups (broad SMARTS) is 1. The minimum Gasteiger partial charge on any atom is -0.545 e. The van der Waals surface area contributed by atoms with Gasteiger partial charge in [0.2, 0.25) is 0 Å². The van der Waals surface area contributed by atoms with Crippen LogP contribution in [-0.4, -0.2) is 82.3 Å². The number of quaternary nitrogens is 1. The first-order valence-electron chi connectivity index (χ1n) is 36.9. The van der Waals surface area contributed by atoms with Crippen molar-refractivity contribution in [3.8, 4) is 0 Å². The first kappa shape index (κ1) is 84.2. The quantitative estimate of drug-likeness (QED) is 0.0195. The van der Waals surface area contributed by atoms with Crippen molar-refractivity contribution in [2.45, 2.75) is 341 Å². The highest BCUT2D eigenvalue weighted by atomic mass is 16.7. The van der Waals surface area contributed by atoms with E-state index in [0.717, 1.165) is 83.5 Å². The summed E-state index contributed by atoms with van der Waals surface area (Å²) in [5, 5.41) is 11.8. The number of esters is 2. The number of hydrogen-bond donors (Lipinski definition) is 0. The molecule has 2 atom stereocenters. The zero-order valence-electron chi connectivity index (χ0n) is 58.1. The third kappa shape index (κ3) is 69.7. The van der Waals surface area contributed by atoms with Crippen LogP contribution in [0.15, 0.2) is 97.2 Å². The molecule has 0 aromatic carbocycles. The van der Waals surface area contributed by atoms with Gasteiger partial charge in [-0.25, -0.2) is 0 Å². The summed E-state index contributed by atoms with van der Waals surface area (Å²) in [7, 11) is 5.92. The van der Waals surface area contributed by atoms with Gasteiger partial charge < -0.3 is 33.3 Å². The summed E-state index contributed by atoms with van der Waals surface area (Å²) in [6.45, 7) is 4.62. The van der Waals surface area contributed by atoms with E-state index in [1.165, 1.54) is 212 Å². The average Bonchev–Trinajstić information content (AvgIpc) is 3.54. The van der Waals surface area contributed by atoms with Crippen molar-refractivity contribution in [3.05, 3.63) is 97.2 Å². The van der Waals surface area contributed by atoms with Crippen LogP contribution in [0.1, 0.15) is 328 Å². The first-order chi connectivity index (χ1) is 43.1. The molecule has 0 heterocycles. The van der Waals surface area contributed by atoms with E-state index in [1.807, 2.05) is 21.1 Å². The first-order valence-corrected chi connectivity index (χ1v) is 36.9. The van der Waals surface area contributed by atoms with Crippen LogP contribution < -0.4 is 5.11 Å². The molecule has 9 heteroatoms. The maximum absolute atomic E-state index is 12.9. The van der Waals surface area contributed by atoms with Crippen molar-refractivity contribution in [2.75, 3.05) is 47.5 Å². The molecule has 0 aliphatic rings. The van der Waals surface area contributed by atoms with Crippen LogP contribution in [0.2, 0.25) is 0 Å². The molecule has 2 unspecified atom stereocenters. The van der Waals surface area contributed by atoms with E-state index in [4.69, 9.17) is 18.9 Å². The van der Waals surface area contributed by atoms with Crippen molar-refractivity contribution in [1.82, 2.24) is 0 Å². The summed E-state index contributed by atoms with van der Waals surface area (Å²) >= 11 is 0. The highest BCUT2D eigenvalue weighted by Crippen LogP contribution is 2.18. The van der Waals surface area contributed by atoms with E-state index in [0.29, 0.717) is 17.4 Å². The summed E-state index contributed by atoms with van der Waals surface area (Å²) in [5.74, 6) is -2.34. The molecule has 0 aromatic rings. The summed E-state index contributed by atoms with van der Waals surface area (Å²) in [4.78, 5) is 37.5. The number of likely N-dealkylation sites (N-methyl/N-ethyl adjacent to an activating group) is 1. The van der Waals surface area contributed by atoms with Crippen LogP contribution >= 0.6 is 0 Å². The number of allylic oxidation sites excluding steroid dienone is 16.